The maximum absolute atomic E-state index is 8.89. The van der Waals surface area contributed by atoms with E-state index in [0.717, 1.165) is 16.9 Å². The van der Waals surface area contributed by atoms with Gasteiger partial charge in [0.2, 0.25) is 0 Å². The standard InChI is InChI=1S/C11H12N2.C2H3O2.V.Y/c1-7-5-9(3)12-11-10(7)8(2)6-13(11)4;1-2(3)4;;/h5H,4H2,1-3H3;1H2,(H,3,4);;/q-2;-1;+2;. The molecular weight excluding hydrogens is 356 g/mol. The SMILES string of the molecule is [CH2-]C(=O)O.[CH2-]n1[c-]c(C)c2c(C)cc(C)nc21.[V+2].[Y]. The van der Waals surface area contributed by atoms with Gasteiger partial charge in [0.15, 0.2) is 5.97 Å². The number of carboxylic acids is 1. The van der Waals surface area contributed by atoms with E-state index in [0.29, 0.717) is 0 Å². The van der Waals surface area contributed by atoms with E-state index in [2.05, 4.69) is 38.1 Å². The van der Waals surface area contributed by atoms with Crippen molar-refractivity contribution in [3.8, 4) is 0 Å². The number of aromatic nitrogens is 2. The van der Waals surface area contributed by atoms with E-state index in [4.69, 9.17) is 9.90 Å². The Kier molecular flexibility index (Phi) is 9.57. The van der Waals surface area contributed by atoms with Gasteiger partial charge in [0.1, 0.15) is 0 Å². The number of aliphatic carboxylic acids is 1. The summed E-state index contributed by atoms with van der Waals surface area (Å²) in [6.45, 7) is 8.68. The van der Waals surface area contributed by atoms with Crippen LogP contribution in [0.2, 0.25) is 0 Å². The van der Waals surface area contributed by atoms with Crippen LogP contribution in [0.1, 0.15) is 16.8 Å². The number of rotatable bonds is 0. The van der Waals surface area contributed by atoms with E-state index in [9.17, 15) is 0 Å². The quantitative estimate of drug-likeness (QED) is 0.724. The van der Waals surface area contributed by atoms with Gasteiger partial charge >= 0.3 is 18.6 Å². The molecule has 0 aliphatic rings. The van der Waals surface area contributed by atoms with Crippen molar-refractivity contribution in [2.24, 2.45) is 0 Å². The van der Waals surface area contributed by atoms with Crippen LogP contribution in [-0.2, 0) is 56.1 Å². The van der Waals surface area contributed by atoms with Crippen molar-refractivity contribution in [1.82, 2.24) is 9.55 Å². The van der Waals surface area contributed by atoms with Crippen LogP contribution in [0.25, 0.3) is 11.0 Å². The van der Waals surface area contributed by atoms with Crippen LogP contribution >= 0.6 is 0 Å². The first-order valence-electron chi connectivity index (χ1n) is 5.07. The van der Waals surface area contributed by atoms with Crippen LogP contribution in [-0.4, -0.2) is 20.6 Å². The molecule has 0 aliphatic carbocycles. The van der Waals surface area contributed by atoms with Gasteiger partial charge in [-0.15, -0.1) is 5.39 Å². The number of carbonyl (C=O) groups is 1. The Morgan fingerprint density at radius 1 is 1.42 bits per heavy atom. The minimum absolute atomic E-state index is 0. The van der Waals surface area contributed by atoms with Crippen molar-refractivity contribution in [3.63, 3.8) is 0 Å². The fourth-order valence-corrected chi connectivity index (χ4v) is 1.79. The Balaban J connectivity index is 0. The zero-order valence-corrected chi connectivity index (χ0v) is 15.5. The van der Waals surface area contributed by atoms with Crippen LogP contribution in [0.5, 0.6) is 0 Å². The molecule has 0 spiro atoms. The number of aryl methyl sites for hydroxylation is 3. The van der Waals surface area contributed by atoms with Crippen LogP contribution < -0.4 is 0 Å². The van der Waals surface area contributed by atoms with Gasteiger partial charge in [-0.25, -0.2) is 0 Å². The monoisotopic (exact) mass is 371 g/mol. The fraction of sp³-hybridized carbons (Fsp3) is 0.231. The van der Waals surface area contributed by atoms with Crippen molar-refractivity contribution < 1.29 is 61.2 Å². The minimum atomic E-state index is -1.08. The van der Waals surface area contributed by atoms with Gasteiger partial charge < -0.3 is 14.7 Å². The van der Waals surface area contributed by atoms with E-state index in [1.54, 1.807) is 4.57 Å². The number of carboxylic acid groups (broad SMARTS) is 1. The molecule has 0 fully saturated rings. The van der Waals surface area contributed by atoms with Crippen LogP contribution in [0, 0.1) is 40.9 Å². The molecule has 0 saturated carbocycles. The summed E-state index contributed by atoms with van der Waals surface area (Å²) in [5.41, 5.74) is 4.32. The zero-order chi connectivity index (χ0) is 13.2. The summed E-state index contributed by atoms with van der Waals surface area (Å²) in [4.78, 5) is 13.3. The van der Waals surface area contributed by atoms with Gasteiger partial charge in [-0.05, 0) is 19.9 Å². The van der Waals surface area contributed by atoms with Gasteiger partial charge in [0.05, 0.1) is 0 Å². The summed E-state index contributed by atoms with van der Waals surface area (Å²) in [6.07, 6.45) is 3.13. The van der Waals surface area contributed by atoms with Gasteiger partial charge in [-0.2, -0.15) is 5.56 Å². The molecule has 2 rings (SSSR count). The molecule has 2 heterocycles. The minimum Gasteiger partial charge on any atom is -0.640 e. The average Bonchev–Trinajstić information content (AvgIpc) is 2.40. The molecule has 2 aromatic rings. The van der Waals surface area contributed by atoms with E-state index in [1.807, 2.05) is 13.8 Å². The van der Waals surface area contributed by atoms with E-state index >= 15 is 0 Å². The van der Waals surface area contributed by atoms with Gasteiger partial charge in [0, 0.05) is 38.4 Å². The molecule has 0 atom stereocenters. The Morgan fingerprint density at radius 3 is 2.37 bits per heavy atom. The normalized spacial score (nSPS) is 8.79. The Labute approximate surface area is 150 Å². The van der Waals surface area contributed by atoms with Crippen molar-refractivity contribution in [2.45, 2.75) is 20.8 Å². The number of hydrogen-bond acceptors (Lipinski definition) is 2. The van der Waals surface area contributed by atoms with Crippen molar-refractivity contribution in [2.75, 3.05) is 0 Å². The summed E-state index contributed by atoms with van der Waals surface area (Å²) >= 11 is 0. The Hall–Kier alpha value is -0.412. The molecule has 0 bridgehead atoms. The van der Waals surface area contributed by atoms with Crippen molar-refractivity contribution >= 4 is 17.0 Å². The first-order valence-corrected chi connectivity index (χ1v) is 5.07. The Morgan fingerprint density at radius 2 is 1.89 bits per heavy atom. The fourth-order valence-electron chi connectivity index (χ4n) is 1.79. The second-order valence-corrected chi connectivity index (χ2v) is 3.84. The van der Waals surface area contributed by atoms with E-state index in [-0.39, 0.29) is 51.3 Å². The summed E-state index contributed by atoms with van der Waals surface area (Å²) in [5.74, 6) is -1.08. The first-order chi connectivity index (χ1) is 7.82. The predicted molar refractivity (Wildman–Crippen MR) is 66.5 cm³/mol. The summed E-state index contributed by atoms with van der Waals surface area (Å²) < 4.78 is 1.71. The van der Waals surface area contributed by atoms with Crippen molar-refractivity contribution in [1.29, 1.82) is 0 Å². The molecule has 4 nitrogen and oxygen atoms in total. The first kappa shape index (κ1) is 20.9. The molecule has 0 unspecified atom stereocenters. The van der Waals surface area contributed by atoms with Gasteiger partial charge in [-0.1, -0.05) is 18.1 Å². The molecule has 0 saturated heterocycles. The molecule has 1 N–H and O–H groups in total. The van der Waals surface area contributed by atoms with E-state index in [1.165, 1.54) is 10.9 Å². The smallest absolute Gasteiger partial charge is 0.640 e. The number of pyridine rings is 1. The molecule has 2 radical (unpaired) electrons. The third-order valence-electron chi connectivity index (χ3n) is 2.26. The third kappa shape index (κ3) is 5.62. The number of nitrogens with zero attached hydrogens (tertiary/aromatic N) is 2. The Bertz CT molecular complexity index is 563. The second-order valence-electron chi connectivity index (χ2n) is 3.84. The topological polar surface area (TPSA) is 55.1 Å². The average molecular weight is 371 g/mol. The van der Waals surface area contributed by atoms with Crippen LogP contribution in [0.15, 0.2) is 6.07 Å². The molecule has 19 heavy (non-hydrogen) atoms. The maximum atomic E-state index is 8.89. The maximum Gasteiger partial charge on any atom is 2.00 e. The molecular formula is C13H15N2O2VY-. The van der Waals surface area contributed by atoms with Crippen LogP contribution in [0.4, 0.5) is 0 Å². The predicted octanol–water partition coefficient (Wildman–Crippen LogP) is 2.30. The van der Waals surface area contributed by atoms with Crippen molar-refractivity contribution in [3.05, 3.63) is 43.1 Å². The second kappa shape index (κ2) is 8.70. The number of fused-ring (bicyclic) bond motifs is 1. The molecule has 6 heteroatoms. The van der Waals surface area contributed by atoms with E-state index < -0.39 is 5.97 Å². The third-order valence-corrected chi connectivity index (χ3v) is 2.26. The van der Waals surface area contributed by atoms with Crippen LogP contribution in [0.3, 0.4) is 0 Å². The largest absolute Gasteiger partial charge is 2.00 e. The zero-order valence-electron chi connectivity index (χ0n) is 11.3. The van der Waals surface area contributed by atoms with Gasteiger partial charge in [-0.3, -0.25) is 25.0 Å². The molecule has 0 amide bonds. The molecule has 0 aliphatic heterocycles. The molecule has 0 aromatic carbocycles. The number of hydrogen-bond donors (Lipinski definition) is 1. The molecule has 98 valence electrons. The summed E-state index contributed by atoms with van der Waals surface area (Å²) in [5, 5.41) is 8.49. The molecule has 2 aromatic heterocycles. The summed E-state index contributed by atoms with van der Waals surface area (Å²) in [7, 11) is 3.85. The summed E-state index contributed by atoms with van der Waals surface area (Å²) in [6, 6.07) is 2.09. The van der Waals surface area contributed by atoms with Gasteiger partial charge in [0.25, 0.3) is 0 Å².